The molecule has 2 rings (SSSR count). The molecule has 0 spiro atoms. The van der Waals surface area contributed by atoms with Crippen LogP contribution in [0.3, 0.4) is 0 Å². The van der Waals surface area contributed by atoms with Crippen LogP contribution in [0, 0.1) is 11.8 Å². The van der Waals surface area contributed by atoms with E-state index in [0.717, 1.165) is 17.2 Å². The number of benzene rings is 1. The van der Waals surface area contributed by atoms with Gasteiger partial charge in [0.2, 0.25) is 0 Å². The van der Waals surface area contributed by atoms with Crippen molar-refractivity contribution < 1.29 is 9.47 Å². The predicted octanol–water partition coefficient (Wildman–Crippen LogP) is 4.72. The van der Waals surface area contributed by atoms with E-state index in [-0.39, 0.29) is 0 Å². The number of ether oxygens (including phenoxy) is 2. The minimum Gasteiger partial charge on any atom is -0.494 e. The predicted molar refractivity (Wildman–Crippen MR) is 88.4 cm³/mol. The fourth-order valence-electron chi connectivity index (χ4n) is 3.31. The van der Waals surface area contributed by atoms with E-state index < -0.39 is 0 Å². The van der Waals surface area contributed by atoms with Crippen LogP contribution >= 0.6 is 0 Å². The topological polar surface area (TPSA) is 30.5 Å². The van der Waals surface area contributed by atoms with Gasteiger partial charge in [0.15, 0.2) is 0 Å². The number of anilines is 1. The van der Waals surface area contributed by atoms with Gasteiger partial charge in [-0.2, -0.15) is 0 Å². The molecule has 1 aromatic rings. The summed E-state index contributed by atoms with van der Waals surface area (Å²) in [5, 5.41) is 3.73. The third-order valence-electron chi connectivity index (χ3n) is 4.43. The van der Waals surface area contributed by atoms with Gasteiger partial charge in [-0.3, -0.25) is 0 Å². The average molecular weight is 291 g/mol. The molecule has 1 aromatic carbocycles. The molecule has 0 bridgehead atoms. The highest BCUT2D eigenvalue weighted by molar-refractivity contribution is 5.60. The van der Waals surface area contributed by atoms with Crippen LogP contribution in [-0.2, 0) is 0 Å². The number of rotatable bonds is 6. The summed E-state index contributed by atoms with van der Waals surface area (Å²) < 4.78 is 11.4. The molecule has 3 heteroatoms. The Morgan fingerprint density at radius 3 is 2.33 bits per heavy atom. The van der Waals surface area contributed by atoms with Gasteiger partial charge < -0.3 is 14.8 Å². The molecule has 0 saturated heterocycles. The zero-order valence-electron chi connectivity index (χ0n) is 13.8. The molecule has 1 fully saturated rings. The van der Waals surface area contributed by atoms with Crippen LogP contribution in [0.15, 0.2) is 18.2 Å². The summed E-state index contributed by atoms with van der Waals surface area (Å²) in [6.45, 7) is 10.1. The third kappa shape index (κ3) is 4.05. The van der Waals surface area contributed by atoms with Gasteiger partial charge >= 0.3 is 0 Å². The van der Waals surface area contributed by atoms with Crippen molar-refractivity contribution in [1.29, 1.82) is 0 Å². The largest absolute Gasteiger partial charge is 0.494 e. The first-order chi connectivity index (χ1) is 10.2. The van der Waals surface area contributed by atoms with E-state index in [9.17, 15) is 0 Å². The summed E-state index contributed by atoms with van der Waals surface area (Å²) in [4.78, 5) is 0. The third-order valence-corrected chi connectivity index (χ3v) is 4.43. The first kappa shape index (κ1) is 16.0. The van der Waals surface area contributed by atoms with Crippen molar-refractivity contribution >= 4 is 5.69 Å². The zero-order chi connectivity index (χ0) is 15.2. The minimum absolute atomic E-state index is 0.509. The quantitative estimate of drug-likeness (QED) is 0.822. The number of hydrogen-bond donors (Lipinski definition) is 1. The Morgan fingerprint density at radius 2 is 1.71 bits per heavy atom. The average Bonchev–Trinajstić information content (AvgIpc) is 2.46. The van der Waals surface area contributed by atoms with Crippen LogP contribution in [0.5, 0.6) is 11.5 Å². The van der Waals surface area contributed by atoms with Crippen molar-refractivity contribution in [3.63, 3.8) is 0 Å². The molecular weight excluding hydrogens is 262 g/mol. The summed E-state index contributed by atoms with van der Waals surface area (Å²) >= 11 is 0. The highest BCUT2D eigenvalue weighted by atomic mass is 16.5. The van der Waals surface area contributed by atoms with E-state index in [0.29, 0.717) is 31.1 Å². The second-order valence-electron chi connectivity index (χ2n) is 6.08. The smallest absolute Gasteiger partial charge is 0.142 e. The van der Waals surface area contributed by atoms with Gasteiger partial charge in [-0.1, -0.05) is 20.3 Å². The molecule has 1 aliphatic rings. The van der Waals surface area contributed by atoms with Crippen LogP contribution in [0.1, 0.15) is 47.0 Å². The van der Waals surface area contributed by atoms with Gasteiger partial charge in [0, 0.05) is 12.1 Å². The van der Waals surface area contributed by atoms with E-state index in [1.807, 2.05) is 26.0 Å². The van der Waals surface area contributed by atoms with E-state index in [1.54, 1.807) is 0 Å². The van der Waals surface area contributed by atoms with Crippen molar-refractivity contribution in [2.24, 2.45) is 11.8 Å². The van der Waals surface area contributed by atoms with Crippen LogP contribution in [0.2, 0.25) is 0 Å². The van der Waals surface area contributed by atoms with Gasteiger partial charge in [0.05, 0.1) is 18.9 Å². The van der Waals surface area contributed by atoms with Gasteiger partial charge in [0.25, 0.3) is 0 Å². The molecule has 2 atom stereocenters. The maximum atomic E-state index is 5.76. The van der Waals surface area contributed by atoms with Crippen LogP contribution in [0.25, 0.3) is 0 Å². The lowest BCUT2D eigenvalue weighted by Gasteiger charge is -2.36. The SMILES string of the molecule is CCOc1ccc(OCC)c(NC2C(C)CCCC2C)c1. The summed E-state index contributed by atoms with van der Waals surface area (Å²) in [5.41, 5.74) is 1.06. The van der Waals surface area contributed by atoms with E-state index in [4.69, 9.17) is 9.47 Å². The Labute approximate surface area is 129 Å². The summed E-state index contributed by atoms with van der Waals surface area (Å²) in [7, 11) is 0. The van der Waals surface area contributed by atoms with Crippen molar-refractivity contribution in [3.05, 3.63) is 18.2 Å². The Morgan fingerprint density at radius 1 is 1.05 bits per heavy atom. The first-order valence-corrected chi connectivity index (χ1v) is 8.31. The summed E-state index contributed by atoms with van der Waals surface area (Å²) in [6, 6.07) is 6.57. The molecule has 0 heterocycles. The molecule has 1 N–H and O–H groups in total. The van der Waals surface area contributed by atoms with E-state index >= 15 is 0 Å². The highest BCUT2D eigenvalue weighted by Gasteiger charge is 2.28. The van der Waals surface area contributed by atoms with Crippen molar-refractivity contribution in [2.45, 2.75) is 53.0 Å². The number of nitrogens with one attached hydrogen (secondary N) is 1. The van der Waals surface area contributed by atoms with Crippen molar-refractivity contribution in [2.75, 3.05) is 18.5 Å². The van der Waals surface area contributed by atoms with Gasteiger partial charge in [-0.05, 0) is 50.7 Å². The van der Waals surface area contributed by atoms with Crippen LogP contribution < -0.4 is 14.8 Å². The van der Waals surface area contributed by atoms with Gasteiger partial charge in [-0.15, -0.1) is 0 Å². The molecular formula is C18H29NO2. The van der Waals surface area contributed by atoms with Crippen LogP contribution in [-0.4, -0.2) is 19.3 Å². The van der Waals surface area contributed by atoms with Crippen molar-refractivity contribution in [3.8, 4) is 11.5 Å². The van der Waals surface area contributed by atoms with Gasteiger partial charge in [-0.25, -0.2) is 0 Å². The molecule has 3 nitrogen and oxygen atoms in total. The molecule has 0 aromatic heterocycles. The normalized spacial score (nSPS) is 25.4. The first-order valence-electron chi connectivity index (χ1n) is 8.31. The fraction of sp³-hybridized carbons (Fsp3) is 0.667. The molecule has 1 saturated carbocycles. The van der Waals surface area contributed by atoms with Crippen molar-refractivity contribution in [1.82, 2.24) is 0 Å². The van der Waals surface area contributed by atoms with E-state index in [1.165, 1.54) is 19.3 Å². The number of hydrogen-bond acceptors (Lipinski definition) is 3. The Kier molecular flexibility index (Phi) is 5.77. The molecule has 1 aliphatic carbocycles. The maximum absolute atomic E-state index is 5.76. The molecule has 2 unspecified atom stereocenters. The minimum atomic E-state index is 0.509. The second kappa shape index (κ2) is 7.58. The monoisotopic (exact) mass is 291 g/mol. The lowest BCUT2D eigenvalue weighted by atomic mass is 9.78. The standard InChI is InChI=1S/C18H29NO2/c1-5-20-15-10-11-17(21-6-2)16(12-15)19-18-13(3)8-7-9-14(18)4/h10-14,18-19H,5-9H2,1-4H3. The molecule has 0 aliphatic heterocycles. The second-order valence-corrected chi connectivity index (χ2v) is 6.08. The lowest BCUT2D eigenvalue weighted by molar-refractivity contribution is 0.266. The Bertz CT molecular complexity index is 437. The highest BCUT2D eigenvalue weighted by Crippen LogP contribution is 2.35. The summed E-state index contributed by atoms with van der Waals surface area (Å²) in [5.74, 6) is 3.21. The van der Waals surface area contributed by atoms with Gasteiger partial charge in [0.1, 0.15) is 11.5 Å². The molecule has 0 radical (unpaired) electrons. The zero-order valence-corrected chi connectivity index (χ0v) is 13.8. The fourth-order valence-corrected chi connectivity index (χ4v) is 3.31. The Hall–Kier alpha value is -1.38. The summed E-state index contributed by atoms with van der Waals surface area (Å²) in [6.07, 6.45) is 3.95. The molecule has 0 amide bonds. The van der Waals surface area contributed by atoms with E-state index in [2.05, 4.69) is 25.2 Å². The van der Waals surface area contributed by atoms with Crippen LogP contribution in [0.4, 0.5) is 5.69 Å². The maximum Gasteiger partial charge on any atom is 0.142 e. The molecule has 21 heavy (non-hydrogen) atoms. The molecule has 118 valence electrons. The lowest BCUT2D eigenvalue weighted by Crippen LogP contribution is -2.37. The Balaban J connectivity index is 2.20.